The third kappa shape index (κ3) is 12.7. The molecule has 0 aliphatic heterocycles. The highest BCUT2D eigenvalue weighted by Crippen LogP contribution is 2.28. The molecule has 0 aromatic heterocycles. The Balaban J connectivity index is 3.15. The Morgan fingerprint density at radius 3 is 1.59 bits per heavy atom. The predicted molar refractivity (Wildman–Crippen MR) is 199 cm³/mol. The van der Waals surface area contributed by atoms with E-state index in [9.17, 15) is 0 Å². The van der Waals surface area contributed by atoms with Crippen LogP contribution in [0.1, 0.15) is 36.4 Å². The zero-order valence-corrected chi connectivity index (χ0v) is 36.4. The number of hydrogen-bond acceptors (Lipinski definition) is 8. The van der Waals surface area contributed by atoms with E-state index in [-0.39, 0.29) is 11.3 Å². The summed E-state index contributed by atoms with van der Waals surface area (Å²) in [7, 11) is 3.71. The van der Waals surface area contributed by atoms with Gasteiger partial charge in [0.15, 0.2) is 0 Å². The zero-order valence-electron chi connectivity index (χ0n) is 30.4. The fourth-order valence-corrected chi connectivity index (χ4v) is 14.5. The van der Waals surface area contributed by atoms with Crippen LogP contribution in [0, 0.1) is 0 Å². The van der Waals surface area contributed by atoms with Crippen molar-refractivity contribution in [1.29, 1.82) is 0 Å². The lowest BCUT2D eigenvalue weighted by molar-refractivity contribution is 0.240. The minimum atomic E-state index is -2.34. The normalized spacial score (nSPS) is 13.9. The van der Waals surface area contributed by atoms with Crippen molar-refractivity contribution >= 4 is 63.2 Å². The molecule has 1 atom stereocenters. The minimum absolute atomic E-state index is 0.269. The average Bonchev–Trinajstić information content (AvgIpc) is 3.02. The van der Waals surface area contributed by atoms with Crippen LogP contribution in [0.5, 0.6) is 0 Å². The van der Waals surface area contributed by atoms with Gasteiger partial charge in [-0.3, -0.25) is 0 Å². The van der Waals surface area contributed by atoms with Crippen molar-refractivity contribution in [2.75, 3.05) is 55.7 Å². The molecule has 8 nitrogen and oxygen atoms in total. The van der Waals surface area contributed by atoms with E-state index in [1.165, 1.54) is 5.56 Å². The van der Waals surface area contributed by atoms with Crippen LogP contribution in [0.3, 0.4) is 0 Å². The molecule has 0 saturated carbocycles. The van der Waals surface area contributed by atoms with Gasteiger partial charge in [-0.15, -0.1) is 0 Å². The molecule has 0 fully saturated rings. The summed E-state index contributed by atoms with van der Waals surface area (Å²) < 4.78 is 34.9. The third-order valence-corrected chi connectivity index (χ3v) is 23.2. The molecular weight excluding hydrogens is 653 g/mol. The van der Waals surface area contributed by atoms with Crippen LogP contribution in [-0.2, 0) is 33.0 Å². The Morgan fingerprint density at radius 2 is 1.20 bits per heavy atom. The zero-order chi connectivity index (χ0) is 33.6. The second kappa shape index (κ2) is 20.5. The van der Waals surface area contributed by atoms with Crippen molar-refractivity contribution < 1.29 is 26.6 Å². The van der Waals surface area contributed by atoms with Crippen molar-refractivity contribution in [3.63, 3.8) is 0 Å². The highest BCUT2D eigenvalue weighted by atomic mass is 28.4. The predicted octanol–water partition coefficient (Wildman–Crippen LogP) is 4.25. The standard InChI is InChI=1S/C30H64N2O6Si6/c1-25(44(14,37-6)38-7)26-17-18-28(40(8)9)27(29(26)41(10)11)19-22-39-30(31-20-15-23-42(12,33-2)34-3)32-21-16-24-43(13,35-4)36-5/h17-18,25,30-32H,15-16,19-24H2,1-14H3. The highest BCUT2D eigenvalue weighted by Gasteiger charge is 2.39. The number of nitrogens with one attached hydrogen (secondary N) is 2. The monoisotopic (exact) mass is 716 g/mol. The summed E-state index contributed by atoms with van der Waals surface area (Å²) in [5, 5.41) is 10.9. The molecule has 0 aliphatic rings. The van der Waals surface area contributed by atoms with Gasteiger partial charge in [-0.2, -0.15) is 0 Å². The van der Waals surface area contributed by atoms with Crippen molar-refractivity contribution in [3.8, 4) is 0 Å². The van der Waals surface area contributed by atoms with Crippen molar-refractivity contribution in [2.45, 2.75) is 101 Å². The molecular formula is C30H64N2O6Si6. The third-order valence-electron chi connectivity index (χ3n) is 9.21. The van der Waals surface area contributed by atoms with Crippen LogP contribution in [0.25, 0.3) is 0 Å². The van der Waals surface area contributed by atoms with E-state index in [0.717, 1.165) is 60.0 Å². The molecule has 1 aromatic rings. The van der Waals surface area contributed by atoms with Gasteiger partial charge in [-0.25, -0.2) is 0 Å². The minimum Gasteiger partial charge on any atom is -0.398 e. The first kappa shape index (κ1) is 42.2. The molecule has 0 bridgehead atoms. The Labute approximate surface area is 279 Å². The van der Waals surface area contributed by atoms with Crippen LogP contribution in [0.15, 0.2) is 12.1 Å². The molecule has 4 radical (unpaired) electrons. The maximum Gasteiger partial charge on any atom is 0.341 e. The number of benzene rings is 1. The van der Waals surface area contributed by atoms with Crippen molar-refractivity contribution in [3.05, 3.63) is 23.3 Å². The molecule has 0 heterocycles. The van der Waals surface area contributed by atoms with Gasteiger partial charge in [-0.05, 0) is 69.6 Å². The van der Waals surface area contributed by atoms with Gasteiger partial charge in [-0.1, -0.05) is 67.2 Å². The molecule has 44 heavy (non-hydrogen) atoms. The molecule has 14 heteroatoms. The van der Waals surface area contributed by atoms with E-state index in [4.69, 9.17) is 26.6 Å². The van der Waals surface area contributed by atoms with Gasteiger partial charge in [0.2, 0.25) is 0 Å². The van der Waals surface area contributed by atoms with Gasteiger partial charge in [0.25, 0.3) is 0 Å². The first-order valence-corrected chi connectivity index (χ1v) is 29.7. The fraction of sp³-hybridized carbons (Fsp3) is 0.800. The van der Waals surface area contributed by atoms with E-state index >= 15 is 0 Å². The lowest BCUT2D eigenvalue weighted by Gasteiger charge is -2.33. The Bertz CT molecular complexity index is 923. The topological polar surface area (TPSA) is 79.4 Å². The average molecular weight is 717 g/mol. The van der Waals surface area contributed by atoms with Crippen LogP contribution >= 0.6 is 0 Å². The quantitative estimate of drug-likeness (QED) is 0.0935. The summed E-state index contributed by atoms with van der Waals surface area (Å²) in [5.74, 6) is 0.277. The molecule has 254 valence electrons. The van der Waals surface area contributed by atoms with E-state index in [1.807, 2.05) is 14.2 Å². The van der Waals surface area contributed by atoms with E-state index < -0.39 is 43.3 Å². The summed E-state index contributed by atoms with van der Waals surface area (Å²) in [6.45, 7) is 20.4. The van der Waals surface area contributed by atoms with Gasteiger partial charge in [0, 0.05) is 54.0 Å². The SMILES string of the molecule is CO[Si](C)(CCCNC(NCCC[Si](C)(OC)OC)[Si]CCc1c([Si](C)C)ccc(C(C)[Si](C)(OC)OC)c1[Si](C)C)OC. The number of rotatable bonds is 24. The summed E-state index contributed by atoms with van der Waals surface area (Å²) in [4.78, 5) is 0. The Hall–Kier alpha value is 0.201. The summed E-state index contributed by atoms with van der Waals surface area (Å²) >= 11 is 0. The largest absolute Gasteiger partial charge is 0.398 e. The molecule has 1 rings (SSSR count). The van der Waals surface area contributed by atoms with Crippen molar-refractivity contribution in [2.24, 2.45) is 0 Å². The van der Waals surface area contributed by atoms with Crippen molar-refractivity contribution in [1.82, 2.24) is 10.6 Å². The van der Waals surface area contributed by atoms with Gasteiger partial charge in [0.1, 0.15) is 0 Å². The molecule has 0 saturated heterocycles. The molecule has 1 unspecified atom stereocenters. The maximum atomic E-state index is 6.02. The summed E-state index contributed by atoms with van der Waals surface area (Å²) in [5.41, 5.74) is 3.34. The van der Waals surface area contributed by atoms with Gasteiger partial charge in [0.05, 0.1) is 27.1 Å². The van der Waals surface area contributed by atoms with Crippen LogP contribution < -0.4 is 21.0 Å². The molecule has 1 aromatic carbocycles. The molecule has 2 N–H and O–H groups in total. The van der Waals surface area contributed by atoms with E-state index in [1.54, 1.807) is 44.4 Å². The van der Waals surface area contributed by atoms with Gasteiger partial charge >= 0.3 is 25.7 Å². The van der Waals surface area contributed by atoms with Crippen LogP contribution in [-0.4, -0.2) is 114 Å². The summed E-state index contributed by atoms with van der Waals surface area (Å²) in [6, 6.07) is 7.95. The second-order valence-electron chi connectivity index (χ2n) is 12.5. The smallest absolute Gasteiger partial charge is 0.341 e. The number of hydrogen-bond donors (Lipinski definition) is 2. The molecule has 0 aliphatic carbocycles. The second-order valence-corrected chi connectivity index (χ2v) is 29.9. The lowest BCUT2D eigenvalue weighted by atomic mass is 10.1. The Kier molecular flexibility index (Phi) is 19.7. The highest BCUT2D eigenvalue weighted by molar-refractivity contribution is 6.76. The maximum absolute atomic E-state index is 6.02. The summed E-state index contributed by atoms with van der Waals surface area (Å²) in [6.07, 6.45) is 3.19. The lowest BCUT2D eigenvalue weighted by Crippen LogP contribution is -2.49. The van der Waals surface area contributed by atoms with Gasteiger partial charge < -0.3 is 37.2 Å². The fourth-order valence-electron chi connectivity index (χ4n) is 5.51. The molecule has 0 spiro atoms. The first-order valence-electron chi connectivity index (χ1n) is 16.0. The van der Waals surface area contributed by atoms with E-state index in [2.05, 4.69) is 75.5 Å². The first-order chi connectivity index (χ1) is 20.7. The molecule has 0 amide bonds. The van der Waals surface area contributed by atoms with Crippen LogP contribution in [0.2, 0.25) is 64.0 Å². The Morgan fingerprint density at radius 1 is 0.727 bits per heavy atom. The van der Waals surface area contributed by atoms with E-state index in [0.29, 0.717) is 0 Å². The van der Waals surface area contributed by atoms with Crippen LogP contribution in [0.4, 0.5) is 0 Å².